The SMILES string of the molecule is CCC(=O)OCCOS(=O)(=O)CC1CC1. The first-order valence-electron chi connectivity index (χ1n) is 5.06. The first-order chi connectivity index (χ1) is 7.03. The number of rotatable bonds is 7. The zero-order valence-corrected chi connectivity index (χ0v) is 9.59. The molecule has 0 aliphatic heterocycles. The maximum atomic E-state index is 11.2. The highest BCUT2D eigenvalue weighted by atomic mass is 32.2. The van der Waals surface area contributed by atoms with Crippen molar-refractivity contribution in [3.05, 3.63) is 0 Å². The Morgan fingerprint density at radius 2 is 2.00 bits per heavy atom. The van der Waals surface area contributed by atoms with Crippen LogP contribution < -0.4 is 0 Å². The first kappa shape index (κ1) is 12.4. The van der Waals surface area contributed by atoms with E-state index in [4.69, 9.17) is 0 Å². The second-order valence-corrected chi connectivity index (χ2v) is 5.25. The molecule has 15 heavy (non-hydrogen) atoms. The van der Waals surface area contributed by atoms with Crippen LogP contribution in [-0.2, 0) is 23.8 Å². The van der Waals surface area contributed by atoms with Gasteiger partial charge in [-0.05, 0) is 18.8 Å². The van der Waals surface area contributed by atoms with Gasteiger partial charge < -0.3 is 4.74 Å². The normalized spacial score (nSPS) is 16.3. The lowest BCUT2D eigenvalue weighted by atomic mass is 10.5. The maximum absolute atomic E-state index is 11.2. The van der Waals surface area contributed by atoms with Crippen molar-refractivity contribution >= 4 is 16.1 Å². The fourth-order valence-electron chi connectivity index (χ4n) is 1.04. The predicted molar refractivity (Wildman–Crippen MR) is 53.7 cm³/mol. The van der Waals surface area contributed by atoms with Crippen molar-refractivity contribution in [2.45, 2.75) is 26.2 Å². The average Bonchev–Trinajstić information content (AvgIpc) is 2.95. The summed E-state index contributed by atoms with van der Waals surface area (Å²) in [7, 11) is -3.41. The molecule has 0 heterocycles. The number of ether oxygens (including phenoxy) is 1. The van der Waals surface area contributed by atoms with Gasteiger partial charge in [0.25, 0.3) is 10.1 Å². The summed E-state index contributed by atoms with van der Waals surface area (Å²) in [5, 5.41) is 0. The minimum Gasteiger partial charge on any atom is -0.463 e. The molecular formula is C9H16O5S. The molecule has 0 radical (unpaired) electrons. The number of hydrogen-bond donors (Lipinski definition) is 0. The van der Waals surface area contributed by atoms with Gasteiger partial charge in [-0.2, -0.15) is 8.42 Å². The van der Waals surface area contributed by atoms with Crippen LogP contribution in [0.4, 0.5) is 0 Å². The van der Waals surface area contributed by atoms with Crippen molar-refractivity contribution in [2.24, 2.45) is 5.92 Å². The maximum Gasteiger partial charge on any atom is 0.305 e. The summed E-state index contributed by atoms with van der Waals surface area (Å²) in [5.41, 5.74) is 0. The molecule has 1 saturated carbocycles. The fourth-order valence-corrected chi connectivity index (χ4v) is 2.37. The van der Waals surface area contributed by atoms with Crippen molar-refractivity contribution in [3.8, 4) is 0 Å². The molecule has 0 aromatic heterocycles. The van der Waals surface area contributed by atoms with Crippen LogP contribution in [0.15, 0.2) is 0 Å². The summed E-state index contributed by atoms with van der Waals surface area (Å²) >= 11 is 0. The summed E-state index contributed by atoms with van der Waals surface area (Å²) in [5.74, 6) is 0.0146. The number of esters is 1. The highest BCUT2D eigenvalue weighted by Gasteiger charge is 2.28. The van der Waals surface area contributed by atoms with E-state index in [1.807, 2.05) is 0 Å². The smallest absolute Gasteiger partial charge is 0.305 e. The van der Waals surface area contributed by atoms with Gasteiger partial charge in [0.15, 0.2) is 0 Å². The van der Waals surface area contributed by atoms with Crippen LogP contribution in [-0.4, -0.2) is 33.4 Å². The molecule has 1 aliphatic rings. The molecule has 0 saturated heterocycles. The van der Waals surface area contributed by atoms with Gasteiger partial charge in [0.05, 0.1) is 5.75 Å². The molecule has 1 fully saturated rings. The van der Waals surface area contributed by atoms with Gasteiger partial charge in [0.2, 0.25) is 0 Å². The van der Waals surface area contributed by atoms with Crippen LogP contribution >= 0.6 is 0 Å². The van der Waals surface area contributed by atoms with E-state index in [-0.39, 0.29) is 37.3 Å². The Bertz CT molecular complexity index is 304. The van der Waals surface area contributed by atoms with Crippen molar-refractivity contribution < 1.29 is 22.1 Å². The standard InChI is InChI=1S/C9H16O5S/c1-2-9(10)13-5-6-14-15(11,12)7-8-3-4-8/h8H,2-7H2,1H3. The molecule has 0 spiro atoms. The lowest BCUT2D eigenvalue weighted by Crippen LogP contribution is -2.16. The molecule has 0 N–H and O–H groups in total. The number of carbonyl (C=O) groups is 1. The first-order valence-corrected chi connectivity index (χ1v) is 6.64. The molecule has 0 aromatic carbocycles. The Hall–Kier alpha value is -0.620. The van der Waals surface area contributed by atoms with Crippen molar-refractivity contribution in [1.82, 2.24) is 0 Å². The van der Waals surface area contributed by atoms with E-state index in [2.05, 4.69) is 8.92 Å². The monoisotopic (exact) mass is 236 g/mol. The van der Waals surface area contributed by atoms with Gasteiger partial charge in [-0.3, -0.25) is 8.98 Å². The van der Waals surface area contributed by atoms with Crippen LogP contribution in [0.5, 0.6) is 0 Å². The number of carbonyl (C=O) groups excluding carboxylic acids is 1. The molecular weight excluding hydrogens is 220 g/mol. The molecule has 5 nitrogen and oxygen atoms in total. The van der Waals surface area contributed by atoms with Crippen LogP contribution in [0.1, 0.15) is 26.2 Å². The second kappa shape index (κ2) is 5.46. The largest absolute Gasteiger partial charge is 0.463 e. The van der Waals surface area contributed by atoms with Gasteiger partial charge >= 0.3 is 5.97 Å². The molecule has 88 valence electrons. The zero-order chi connectivity index (χ0) is 11.3. The third-order valence-electron chi connectivity index (χ3n) is 2.03. The van der Waals surface area contributed by atoms with Gasteiger partial charge in [-0.25, -0.2) is 0 Å². The molecule has 0 bridgehead atoms. The van der Waals surface area contributed by atoms with Crippen molar-refractivity contribution in [1.29, 1.82) is 0 Å². The summed E-state index contributed by atoms with van der Waals surface area (Å²) < 4.78 is 31.8. The number of hydrogen-bond acceptors (Lipinski definition) is 5. The van der Waals surface area contributed by atoms with Gasteiger partial charge in [0.1, 0.15) is 13.2 Å². The summed E-state index contributed by atoms with van der Waals surface area (Å²) in [6, 6.07) is 0. The molecule has 0 amide bonds. The van der Waals surface area contributed by atoms with Gasteiger partial charge in [-0.1, -0.05) is 6.92 Å². The molecule has 1 aliphatic carbocycles. The third-order valence-corrected chi connectivity index (χ3v) is 3.44. The third kappa shape index (κ3) is 5.74. The van der Waals surface area contributed by atoms with E-state index in [0.29, 0.717) is 0 Å². The van der Waals surface area contributed by atoms with Gasteiger partial charge in [0, 0.05) is 6.42 Å². The molecule has 1 rings (SSSR count). The van der Waals surface area contributed by atoms with E-state index < -0.39 is 10.1 Å². The lowest BCUT2D eigenvalue weighted by molar-refractivity contribution is -0.143. The summed E-state index contributed by atoms with van der Waals surface area (Å²) in [4.78, 5) is 10.7. The average molecular weight is 236 g/mol. The Kier molecular flexibility index (Phi) is 4.53. The molecule has 0 aromatic rings. The topological polar surface area (TPSA) is 69.7 Å². The summed E-state index contributed by atoms with van der Waals surface area (Å²) in [6.07, 6.45) is 2.22. The lowest BCUT2D eigenvalue weighted by Gasteiger charge is -2.05. The molecule has 0 unspecified atom stereocenters. The Balaban J connectivity index is 2.10. The minimum atomic E-state index is -3.41. The van der Waals surface area contributed by atoms with Crippen molar-refractivity contribution in [3.63, 3.8) is 0 Å². The van der Waals surface area contributed by atoms with Crippen LogP contribution in [0.3, 0.4) is 0 Å². The van der Waals surface area contributed by atoms with Crippen LogP contribution in [0.25, 0.3) is 0 Å². The van der Waals surface area contributed by atoms with E-state index in [1.165, 1.54) is 0 Å². The Morgan fingerprint density at radius 3 is 2.53 bits per heavy atom. The quantitative estimate of drug-likeness (QED) is 0.369. The highest BCUT2D eigenvalue weighted by Crippen LogP contribution is 2.30. The second-order valence-electron chi connectivity index (χ2n) is 3.56. The highest BCUT2D eigenvalue weighted by molar-refractivity contribution is 7.86. The molecule has 6 heteroatoms. The van der Waals surface area contributed by atoms with Crippen LogP contribution in [0.2, 0.25) is 0 Å². The Morgan fingerprint density at radius 1 is 1.33 bits per heavy atom. The van der Waals surface area contributed by atoms with Crippen LogP contribution in [0, 0.1) is 5.92 Å². The predicted octanol–water partition coefficient (Wildman–Crippen LogP) is 0.696. The van der Waals surface area contributed by atoms with E-state index in [0.717, 1.165) is 12.8 Å². The van der Waals surface area contributed by atoms with E-state index in [1.54, 1.807) is 6.92 Å². The molecule has 0 atom stereocenters. The minimum absolute atomic E-state index is 0.00340. The fraction of sp³-hybridized carbons (Fsp3) is 0.889. The van der Waals surface area contributed by atoms with Crippen molar-refractivity contribution in [2.75, 3.05) is 19.0 Å². The zero-order valence-electron chi connectivity index (χ0n) is 8.77. The van der Waals surface area contributed by atoms with E-state index in [9.17, 15) is 13.2 Å². The summed E-state index contributed by atoms with van der Waals surface area (Å²) in [6.45, 7) is 1.59. The Labute approximate surface area is 89.9 Å². The van der Waals surface area contributed by atoms with Gasteiger partial charge in [-0.15, -0.1) is 0 Å². The van der Waals surface area contributed by atoms with E-state index >= 15 is 0 Å².